The van der Waals surface area contributed by atoms with Crippen LogP contribution in [0.1, 0.15) is 29.8 Å². The van der Waals surface area contributed by atoms with Crippen LogP contribution in [-0.2, 0) is 20.4 Å². The van der Waals surface area contributed by atoms with Gasteiger partial charge in [0, 0.05) is 0 Å². The van der Waals surface area contributed by atoms with Crippen molar-refractivity contribution in [3.8, 4) is 0 Å². The van der Waals surface area contributed by atoms with Crippen molar-refractivity contribution in [3.05, 3.63) is 46.5 Å². The number of carbonyl (C=O) groups is 2. The van der Waals surface area contributed by atoms with Gasteiger partial charge >= 0.3 is 12.1 Å². The minimum atomic E-state index is -5.60. The van der Waals surface area contributed by atoms with Crippen LogP contribution in [0.4, 0.5) is 26.3 Å². The lowest BCUT2D eigenvalue weighted by Gasteiger charge is -2.13. The van der Waals surface area contributed by atoms with Crippen LogP contribution in [0.3, 0.4) is 0 Å². The zero-order valence-corrected chi connectivity index (χ0v) is 13.0. The number of esters is 1. The maximum Gasteiger partial charge on any atom is 0.422 e. The molecule has 1 aromatic rings. The molecule has 0 aromatic heterocycles. The summed E-state index contributed by atoms with van der Waals surface area (Å²) in [5.41, 5.74) is -5.03. The number of carbonyl (C=O) groups excluding carboxylic acids is 2. The molecule has 138 valence electrons. The third-order valence-electron chi connectivity index (χ3n) is 2.79. The van der Waals surface area contributed by atoms with E-state index in [1.54, 1.807) is 0 Å². The zero-order chi connectivity index (χ0) is 19.4. The van der Waals surface area contributed by atoms with E-state index in [1.165, 1.54) is 13.8 Å². The highest BCUT2D eigenvalue weighted by atomic mass is 19.4. The first-order chi connectivity index (χ1) is 11.6. The Balaban J connectivity index is 3.55. The molecule has 10 heteroatoms. The highest BCUT2D eigenvalue weighted by Gasteiger charge is 2.42. The van der Waals surface area contributed by atoms with Gasteiger partial charge in [0.25, 0.3) is 0 Å². The quantitative estimate of drug-likeness (QED) is 0.112. The maximum atomic E-state index is 14.0. The Labute approximate surface area is 138 Å². The Hall–Kier alpha value is -2.52. The molecule has 0 spiro atoms. The SMILES string of the molecule is CCO/C=C(\C(=O)OCC)C(=O)c1cc(F)c(F)c(C(F)(F)F)c1F. The molecule has 0 N–H and O–H groups in total. The largest absolute Gasteiger partial charge is 0.500 e. The molecule has 0 atom stereocenters. The number of ketones is 1. The van der Waals surface area contributed by atoms with Crippen LogP contribution in [0.15, 0.2) is 17.9 Å². The molecule has 0 aliphatic carbocycles. The van der Waals surface area contributed by atoms with E-state index in [4.69, 9.17) is 4.74 Å². The molecule has 0 unspecified atom stereocenters. The van der Waals surface area contributed by atoms with Crippen molar-refractivity contribution in [2.24, 2.45) is 0 Å². The van der Waals surface area contributed by atoms with Gasteiger partial charge in [0.15, 0.2) is 11.6 Å². The number of ether oxygens (including phenoxy) is 2. The minimum absolute atomic E-state index is 0.0375. The molecular formula is C15H12F6O4. The van der Waals surface area contributed by atoms with Crippen LogP contribution in [0.2, 0.25) is 0 Å². The van der Waals surface area contributed by atoms with E-state index in [0.717, 1.165) is 0 Å². The summed E-state index contributed by atoms with van der Waals surface area (Å²) in [4.78, 5) is 23.9. The Morgan fingerprint density at radius 1 is 1.08 bits per heavy atom. The summed E-state index contributed by atoms with van der Waals surface area (Å²) in [5, 5.41) is 0. The van der Waals surface area contributed by atoms with Crippen molar-refractivity contribution in [1.29, 1.82) is 0 Å². The van der Waals surface area contributed by atoms with Crippen LogP contribution in [0.25, 0.3) is 0 Å². The predicted octanol–water partition coefficient (Wildman–Crippen LogP) is 3.79. The molecule has 4 nitrogen and oxygen atoms in total. The number of Topliss-reactive ketones (excluding diaryl/α,β-unsaturated/α-hetero) is 1. The smallest absolute Gasteiger partial charge is 0.422 e. The maximum absolute atomic E-state index is 14.0. The fraction of sp³-hybridized carbons (Fsp3) is 0.333. The van der Waals surface area contributed by atoms with Gasteiger partial charge in [-0.2, -0.15) is 13.2 Å². The van der Waals surface area contributed by atoms with E-state index in [2.05, 4.69) is 4.74 Å². The molecule has 0 saturated carbocycles. The predicted molar refractivity (Wildman–Crippen MR) is 72.0 cm³/mol. The van der Waals surface area contributed by atoms with E-state index in [-0.39, 0.29) is 19.3 Å². The lowest BCUT2D eigenvalue weighted by Crippen LogP contribution is -2.21. The third kappa shape index (κ3) is 4.52. The normalized spacial score (nSPS) is 12.1. The fourth-order valence-corrected chi connectivity index (χ4v) is 1.73. The summed E-state index contributed by atoms with van der Waals surface area (Å²) < 4.78 is 88.1. The zero-order valence-electron chi connectivity index (χ0n) is 13.0. The number of hydrogen-bond acceptors (Lipinski definition) is 4. The lowest BCUT2D eigenvalue weighted by atomic mass is 10.00. The third-order valence-corrected chi connectivity index (χ3v) is 2.79. The number of halogens is 6. The van der Waals surface area contributed by atoms with Gasteiger partial charge in [-0.25, -0.2) is 18.0 Å². The fourth-order valence-electron chi connectivity index (χ4n) is 1.73. The average Bonchev–Trinajstić information content (AvgIpc) is 2.50. The van der Waals surface area contributed by atoms with Crippen LogP contribution in [0, 0.1) is 17.5 Å². The van der Waals surface area contributed by atoms with E-state index in [0.29, 0.717) is 6.26 Å². The van der Waals surface area contributed by atoms with Gasteiger partial charge in [0.1, 0.15) is 23.2 Å². The van der Waals surface area contributed by atoms with Crippen molar-refractivity contribution in [1.82, 2.24) is 0 Å². The summed E-state index contributed by atoms with van der Waals surface area (Å²) in [6.07, 6.45) is -5.05. The second-order valence-corrected chi connectivity index (χ2v) is 4.44. The average molecular weight is 370 g/mol. The van der Waals surface area contributed by atoms with Gasteiger partial charge in [-0.1, -0.05) is 0 Å². The summed E-state index contributed by atoms with van der Waals surface area (Å²) in [6.45, 7) is 2.60. The van der Waals surface area contributed by atoms with Crippen LogP contribution in [-0.4, -0.2) is 25.0 Å². The van der Waals surface area contributed by atoms with Crippen molar-refractivity contribution in [2.75, 3.05) is 13.2 Å². The molecule has 25 heavy (non-hydrogen) atoms. The topological polar surface area (TPSA) is 52.6 Å². The van der Waals surface area contributed by atoms with E-state index >= 15 is 0 Å². The molecule has 1 rings (SSSR count). The van der Waals surface area contributed by atoms with Gasteiger partial charge < -0.3 is 9.47 Å². The molecule has 0 bridgehead atoms. The highest BCUT2D eigenvalue weighted by molar-refractivity contribution is 6.24. The van der Waals surface area contributed by atoms with Crippen LogP contribution in [0.5, 0.6) is 0 Å². The first-order valence-electron chi connectivity index (χ1n) is 6.84. The Kier molecular flexibility index (Phi) is 6.60. The number of benzene rings is 1. The molecule has 0 radical (unpaired) electrons. The van der Waals surface area contributed by atoms with Crippen molar-refractivity contribution >= 4 is 11.8 Å². The number of alkyl halides is 3. The van der Waals surface area contributed by atoms with Gasteiger partial charge in [0.05, 0.1) is 18.8 Å². The monoisotopic (exact) mass is 370 g/mol. The van der Waals surface area contributed by atoms with Crippen molar-refractivity contribution in [3.63, 3.8) is 0 Å². The molecule has 1 aromatic carbocycles. The van der Waals surface area contributed by atoms with E-state index < -0.39 is 52.1 Å². The van der Waals surface area contributed by atoms with Gasteiger partial charge in [-0.15, -0.1) is 0 Å². The number of rotatable bonds is 6. The standard InChI is InChI=1S/C15H12F6O4/c1-3-24-6-8(14(23)25-4-2)13(22)7-5-9(16)12(18)10(11(7)17)15(19,20)21/h5-6H,3-4H2,1-2H3/b8-6-. The van der Waals surface area contributed by atoms with Crippen LogP contribution >= 0.6 is 0 Å². The summed E-state index contributed by atoms with van der Waals surface area (Å²) in [6, 6.07) is -0.0682. The first kappa shape index (κ1) is 20.5. The first-order valence-corrected chi connectivity index (χ1v) is 6.84. The molecule has 0 aliphatic rings. The van der Waals surface area contributed by atoms with E-state index in [1.807, 2.05) is 0 Å². The van der Waals surface area contributed by atoms with Gasteiger partial charge in [-0.05, 0) is 19.9 Å². The molecule has 0 fully saturated rings. The van der Waals surface area contributed by atoms with Crippen molar-refractivity contribution in [2.45, 2.75) is 20.0 Å². The highest BCUT2D eigenvalue weighted by Crippen LogP contribution is 2.36. The lowest BCUT2D eigenvalue weighted by molar-refractivity contribution is -0.142. The molecule has 0 saturated heterocycles. The Morgan fingerprint density at radius 2 is 1.68 bits per heavy atom. The van der Waals surface area contributed by atoms with Crippen LogP contribution < -0.4 is 0 Å². The summed E-state index contributed by atoms with van der Waals surface area (Å²) in [5.74, 6) is -9.90. The molecule has 0 heterocycles. The summed E-state index contributed by atoms with van der Waals surface area (Å²) >= 11 is 0. The Bertz CT molecular complexity index is 709. The van der Waals surface area contributed by atoms with Gasteiger partial charge in [-0.3, -0.25) is 4.79 Å². The minimum Gasteiger partial charge on any atom is -0.500 e. The second kappa shape index (κ2) is 8.04. The Morgan fingerprint density at radius 3 is 2.16 bits per heavy atom. The molecule has 0 amide bonds. The van der Waals surface area contributed by atoms with E-state index in [9.17, 15) is 35.9 Å². The van der Waals surface area contributed by atoms with Gasteiger partial charge in [0.2, 0.25) is 5.78 Å². The number of hydrogen-bond donors (Lipinski definition) is 0. The second-order valence-electron chi connectivity index (χ2n) is 4.44. The summed E-state index contributed by atoms with van der Waals surface area (Å²) in [7, 11) is 0. The molecular weight excluding hydrogens is 358 g/mol. The molecule has 0 aliphatic heterocycles. The van der Waals surface area contributed by atoms with Crippen molar-refractivity contribution < 1.29 is 45.4 Å².